The van der Waals surface area contributed by atoms with E-state index in [1.54, 1.807) is 7.11 Å². The first-order valence-corrected chi connectivity index (χ1v) is 5.02. The van der Waals surface area contributed by atoms with Crippen molar-refractivity contribution in [2.75, 3.05) is 7.11 Å². The van der Waals surface area contributed by atoms with Crippen molar-refractivity contribution in [2.24, 2.45) is 7.05 Å². The molecule has 0 aliphatic rings. The zero-order valence-electron chi connectivity index (χ0n) is 8.65. The van der Waals surface area contributed by atoms with Crippen LogP contribution in [0.2, 0.25) is 0 Å². The van der Waals surface area contributed by atoms with E-state index in [9.17, 15) is 0 Å². The largest absolute Gasteiger partial charge is 0.496 e. The van der Waals surface area contributed by atoms with E-state index in [0.29, 0.717) is 4.77 Å². The molecule has 0 radical (unpaired) electrons. The minimum atomic E-state index is 0.705. The van der Waals surface area contributed by atoms with Crippen LogP contribution in [0.3, 0.4) is 0 Å². The summed E-state index contributed by atoms with van der Waals surface area (Å²) in [6, 6.07) is 7.87. The van der Waals surface area contributed by atoms with Gasteiger partial charge < -0.3 is 14.3 Å². The molecule has 15 heavy (non-hydrogen) atoms. The van der Waals surface area contributed by atoms with Gasteiger partial charge in [0.2, 0.25) is 0 Å². The highest BCUT2D eigenvalue weighted by Crippen LogP contribution is 2.28. The van der Waals surface area contributed by atoms with E-state index in [2.05, 4.69) is 4.98 Å². The summed E-state index contributed by atoms with van der Waals surface area (Å²) >= 11 is 5.12. The molecule has 1 aromatic heterocycles. The van der Waals surface area contributed by atoms with Gasteiger partial charge in [0, 0.05) is 18.8 Å². The van der Waals surface area contributed by atoms with Crippen LogP contribution in [0.25, 0.3) is 11.3 Å². The molecule has 0 fully saturated rings. The number of imidazole rings is 1. The number of H-pyrrole nitrogens is 1. The van der Waals surface area contributed by atoms with Gasteiger partial charge in [0.1, 0.15) is 5.75 Å². The van der Waals surface area contributed by atoms with Gasteiger partial charge in [-0.1, -0.05) is 12.1 Å². The van der Waals surface area contributed by atoms with Gasteiger partial charge in [-0.15, -0.1) is 0 Å². The molecule has 2 aromatic rings. The van der Waals surface area contributed by atoms with Crippen molar-refractivity contribution in [3.05, 3.63) is 35.2 Å². The molecule has 0 unspecified atom stereocenters. The van der Waals surface area contributed by atoms with Gasteiger partial charge in [-0.3, -0.25) is 0 Å². The summed E-state index contributed by atoms with van der Waals surface area (Å²) in [6.45, 7) is 0. The molecular formula is C11H12N2OS. The molecule has 0 atom stereocenters. The number of methoxy groups -OCH3 is 1. The average Bonchev–Trinajstić information content (AvgIpc) is 2.60. The molecule has 0 saturated carbocycles. The number of para-hydroxylation sites is 1. The van der Waals surface area contributed by atoms with Crippen molar-refractivity contribution in [2.45, 2.75) is 0 Å². The molecule has 0 bridgehead atoms. The Kier molecular flexibility index (Phi) is 2.60. The van der Waals surface area contributed by atoms with E-state index in [4.69, 9.17) is 17.0 Å². The number of aromatic amines is 1. The van der Waals surface area contributed by atoms with E-state index >= 15 is 0 Å². The van der Waals surface area contributed by atoms with Crippen LogP contribution in [0, 0.1) is 4.77 Å². The fraction of sp³-hybridized carbons (Fsp3) is 0.182. The first-order chi connectivity index (χ1) is 7.24. The SMILES string of the molecule is COc1ccccc1-c1c[nH]c(=S)n1C. The lowest BCUT2D eigenvalue weighted by molar-refractivity contribution is 0.416. The summed E-state index contributed by atoms with van der Waals surface area (Å²) in [6.07, 6.45) is 1.89. The second kappa shape index (κ2) is 3.90. The van der Waals surface area contributed by atoms with E-state index in [1.165, 1.54) is 0 Å². The molecule has 0 aliphatic carbocycles. The summed E-state index contributed by atoms with van der Waals surface area (Å²) in [7, 11) is 3.60. The van der Waals surface area contributed by atoms with Gasteiger partial charge in [-0.2, -0.15) is 0 Å². The molecule has 2 rings (SSSR count). The maximum absolute atomic E-state index is 5.30. The van der Waals surface area contributed by atoms with Crippen molar-refractivity contribution in [1.82, 2.24) is 9.55 Å². The van der Waals surface area contributed by atoms with Crippen molar-refractivity contribution in [1.29, 1.82) is 0 Å². The first-order valence-electron chi connectivity index (χ1n) is 4.62. The number of nitrogens with zero attached hydrogens (tertiary/aromatic N) is 1. The molecule has 0 amide bonds. The normalized spacial score (nSPS) is 10.3. The number of hydrogen-bond acceptors (Lipinski definition) is 2. The number of ether oxygens (including phenoxy) is 1. The van der Waals surface area contributed by atoms with Gasteiger partial charge in [0.15, 0.2) is 4.77 Å². The van der Waals surface area contributed by atoms with Crippen molar-refractivity contribution < 1.29 is 4.74 Å². The third kappa shape index (κ3) is 1.68. The smallest absolute Gasteiger partial charge is 0.177 e. The van der Waals surface area contributed by atoms with E-state index in [1.807, 2.05) is 42.1 Å². The Morgan fingerprint density at radius 3 is 2.67 bits per heavy atom. The number of aromatic nitrogens is 2. The maximum Gasteiger partial charge on any atom is 0.177 e. The zero-order valence-corrected chi connectivity index (χ0v) is 9.47. The Morgan fingerprint density at radius 1 is 1.33 bits per heavy atom. The van der Waals surface area contributed by atoms with Crippen LogP contribution in [-0.4, -0.2) is 16.7 Å². The zero-order chi connectivity index (χ0) is 10.8. The molecule has 1 N–H and O–H groups in total. The van der Waals surface area contributed by atoms with Crippen LogP contribution in [0.4, 0.5) is 0 Å². The van der Waals surface area contributed by atoms with E-state index < -0.39 is 0 Å². The number of hydrogen-bond donors (Lipinski definition) is 1. The maximum atomic E-state index is 5.30. The quantitative estimate of drug-likeness (QED) is 0.789. The van der Waals surface area contributed by atoms with Crippen molar-refractivity contribution in [3.8, 4) is 17.0 Å². The minimum absolute atomic E-state index is 0.705. The molecule has 0 aliphatic heterocycles. The fourth-order valence-corrected chi connectivity index (χ4v) is 1.71. The summed E-state index contributed by atoms with van der Waals surface area (Å²) in [5, 5.41) is 0. The lowest BCUT2D eigenvalue weighted by atomic mass is 10.1. The summed E-state index contributed by atoms with van der Waals surface area (Å²) < 4.78 is 7.93. The predicted octanol–water partition coefficient (Wildman–Crippen LogP) is 2.76. The van der Waals surface area contributed by atoms with Crippen LogP contribution < -0.4 is 4.74 Å². The predicted molar refractivity (Wildman–Crippen MR) is 62.6 cm³/mol. The molecular weight excluding hydrogens is 208 g/mol. The van der Waals surface area contributed by atoms with Gasteiger partial charge in [0.05, 0.1) is 12.8 Å². The van der Waals surface area contributed by atoms with Gasteiger partial charge in [-0.25, -0.2) is 0 Å². The number of benzene rings is 1. The van der Waals surface area contributed by atoms with Crippen LogP contribution in [0.15, 0.2) is 30.5 Å². The summed E-state index contributed by atoms with van der Waals surface area (Å²) in [5.74, 6) is 0.849. The molecule has 4 heteroatoms. The van der Waals surface area contributed by atoms with Crippen molar-refractivity contribution in [3.63, 3.8) is 0 Å². The Balaban J connectivity index is 2.63. The van der Waals surface area contributed by atoms with Crippen LogP contribution in [0.5, 0.6) is 5.75 Å². The second-order valence-corrected chi connectivity index (χ2v) is 3.63. The second-order valence-electron chi connectivity index (χ2n) is 3.24. The highest BCUT2D eigenvalue weighted by molar-refractivity contribution is 7.71. The molecule has 1 heterocycles. The third-order valence-electron chi connectivity index (χ3n) is 2.38. The highest BCUT2D eigenvalue weighted by atomic mass is 32.1. The van der Waals surface area contributed by atoms with Crippen LogP contribution in [0.1, 0.15) is 0 Å². The van der Waals surface area contributed by atoms with Gasteiger partial charge in [0.25, 0.3) is 0 Å². The lowest BCUT2D eigenvalue weighted by Crippen LogP contribution is -1.93. The van der Waals surface area contributed by atoms with E-state index in [0.717, 1.165) is 17.0 Å². The lowest BCUT2D eigenvalue weighted by Gasteiger charge is -2.07. The minimum Gasteiger partial charge on any atom is -0.496 e. The van der Waals surface area contributed by atoms with E-state index in [-0.39, 0.29) is 0 Å². The van der Waals surface area contributed by atoms with Crippen LogP contribution >= 0.6 is 12.2 Å². The molecule has 0 spiro atoms. The molecule has 3 nitrogen and oxygen atoms in total. The van der Waals surface area contributed by atoms with Gasteiger partial charge in [-0.05, 0) is 24.4 Å². The summed E-state index contributed by atoms with van der Waals surface area (Å²) in [4.78, 5) is 3.01. The number of nitrogens with one attached hydrogen (secondary N) is 1. The average molecular weight is 220 g/mol. The fourth-order valence-electron chi connectivity index (χ4n) is 1.55. The monoisotopic (exact) mass is 220 g/mol. The third-order valence-corrected chi connectivity index (χ3v) is 2.77. The Hall–Kier alpha value is -1.55. The standard InChI is InChI=1S/C11H12N2OS/c1-13-9(7-12-11(13)15)8-5-3-4-6-10(8)14-2/h3-7H,1-2H3,(H,12,15). The van der Waals surface area contributed by atoms with Crippen molar-refractivity contribution >= 4 is 12.2 Å². The van der Waals surface area contributed by atoms with Gasteiger partial charge >= 0.3 is 0 Å². The Labute approximate surface area is 93.3 Å². The van der Waals surface area contributed by atoms with Crippen LogP contribution in [-0.2, 0) is 7.05 Å². The highest BCUT2D eigenvalue weighted by Gasteiger charge is 2.08. The topological polar surface area (TPSA) is 29.9 Å². The summed E-state index contributed by atoms with van der Waals surface area (Å²) in [5.41, 5.74) is 2.06. The number of rotatable bonds is 2. The Bertz CT molecular complexity index is 527. The first kappa shape index (κ1) is 9.98. The Morgan fingerprint density at radius 2 is 2.07 bits per heavy atom. The molecule has 0 saturated heterocycles. The molecule has 78 valence electrons. The molecule has 1 aromatic carbocycles.